The molecule has 4 aromatic rings. The number of carbonyl (C=O) groups excluding carboxylic acids is 2. The second-order valence-corrected chi connectivity index (χ2v) is 8.69. The molecule has 0 aliphatic heterocycles. The molecule has 1 heterocycles. The van der Waals surface area contributed by atoms with Gasteiger partial charge in [0.2, 0.25) is 0 Å². The number of halogens is 1. The molecule has 0 spiro atoms. The van der Waals surface area contributed by atoms with E-state index in [4.69, 9.17) is 20.8 Å². The monoisotopic (exact) mass is 477 g/mol. The van der Waals surface area contributed by atoms with Crippen LogP contribution in [0.4, 0.5) is 5.69 Å². The van der Waals surface area contributed by atoms with E-state index in [9.17, 15) is 9.59 Å². The van der Waals surface area contributed by atoms with Crippen LogP contribution in [0.15, 0.2) is 99.1 Å². The van der Waals surface area contributed by atoms with E-state index in [0.29, 0.717) is 27.8 Å². The lowest BCUT2D eigenvalue weighted by molar-refractivity contribution is 0.0990. The van der Waals surface area contributed by atoms with E-state index < -0.39 is 0 Å². The number of Topliss-reactive ketones (excluding diaryl/α,β-unsaturated/α-hetero) is 1. The van der Waals surface area contributed by atoms with Gasteiger partial charge in [-0.1, -0.05) is 35.5 Å². The summed E-state index contributed by atoms with van der Waals surface area (Å²) in [6.07, 6.45) is 0. The van der Waals surface area contributed by atoms with Gasteiger partial charge in [0, 0.05) is 20.4 Å². The molecule has 0 unspecified atom stereocenters. The number of furan rings is 1. The van der Waals surface area contributed by atoms with Crippen LogP contribution >= 0.6 is 23.4 Å². The predicted octanol–water partition coefficient (Wildman–Crippen LogP) is 7.12. The van der Waals surface area contributed by atoms with E-state index in [1.165, 1.54) is 18.7 Å². The van der Waals surface area contributed by atoms with Crippen LogP contribution in [0, 0.1) is 0 Å². The smallest absolute Gasteiger partial charge is 0.291 e. The van der Waals surface area contributed by atoms with E-state index in [0.717, 1.165) is 9.79 Å². The van der Waals surface area contributed by atoms with Gasteiger partial charge < -0.3 is 14.5 Å². The number of carbonyl (C=O) groups is 2. The Balaban J connectivity index is 1.38. The largest absolute Gasteiger partial charge is 0.486 e. The summed E-state index contributed by atoms with van der Waals surface area (Å²) in [5.74, 6) is 0.953. The van der Waals surface area contributed by atoms with Crippen LogP contribution in [0.3, 0.4) is 0 Å². The Labute approximate surface area is 200 Å². The number of nitrogens with one attached hydrogen (secondary N) is 1. The molecule has 4 rings (SSSR count). The van der Waals surface area contributed by atoms with Gasteiger partial charge in [-0.05, 0) is 79.7 Å². The molecule has 1 aromatic heterocycles. The van der Waals surface area contributed by atoms with Crippen molar-refractivity contribution < 1.29 is 18.7 Å². The normalized spacial score (nSPS) is 10.6. The second-order valence-electron chi connectivity index (χ2n) is 7.14. The highest BCUT2D eigenvalue weighted by Gasteiger charge is 2.14. The van der Waals surface area contributed by atoms with E-state index in [2.05, 4.69) is 5.32 Å². The number of hydrogen-bond donors (Lipinski definition) is 1. The molecule has 0 aliphatic rings. The first-order chi connectivity index (χ1) is 16.0. The van der Waals surface area contributed by atoms with Gasteiger partial charge in [-0.2, -0.15) is 0 Å². The van der Waals surface area contributed by atoms with Gasteiger partial charge in [0.05, 0.1) is 5.69 Å². The third-order valence-corrected chi connectivity index (χ3v) is 6.04. The topological polar surface area (TPSA) is 68.5 Å². The number of hydrogen-bond acceptors (Lipinski definition) is 5. The van der Waals surface area contributed by atoms with Gasteiger partial charge >= 0.3 is 0 Å². The fourth-order valence-corrected chi connectivity index (χ4v) is 4.02. The highest BCUT2D eigenvalue weighted by Crippen LogP contribution is 2.34. The Bertz CT molecular complexity index is 1270. The van der Waals surface area contributed by atoms with E-state index in [1.54, 1.807) is 36.4 Å². The van der Waals surface area contributed by atoms with Crippen LogP contribution in [-0.4, -0.2) is 11.7 Å². The fraction of sp³-hybridized carbons (Fsp3) is 0.0769. The lowest BCUT2D eigenvalue weighted by Crippen LogP contribution is -2.11. The zero-order valence-corrected chi connectivity index (χ0v) is 19.3. The van der Waals surface area contributed by atoms with Gasteiger partial charge in [-0.3, -0.25) is 9.59 Å². The number of ether oxygens (including phenoxy) is 1. The van der Waals surface area contributed by atoms with Crippen molar-refractivity contribution in [3.05, 3.63) is 107 Å². The summed E-state index contributed by atoms with van der Waals surface area (Å²) in [7, 11) is 0. The van der Waals surface area contributed by atoms with Crippen molar-refractivity contribution in [1.29, 1.82) is 0 Å². The molecule has 0 radical (unpaired) electrons. The predicted molar refractivity (Wildman–Crippen MR) is 129 cm³/mol. The zero-order chi connectivity index (χ0) is 23.2. The summed E-state index contributed by atoms with van der Waals surface area (Å²) >= 11 is 7.49. The number of rotatable bonds is 8. The molecule has 166 valence electrons. The minimum absolute atomic E-state index is 0.00335. The van der Waals surface area contributed by atoms with Crippen LogP contribution in [0.1, 0.15) is 33.6 Å². The third-order valence-electron chi connectivity index (χ3n) is 4.70. The summed E-state index contributed by atoms with van der Waals surface area (Å²) in [6, 6.07) is 25.2. The first kappa shape index (κ1) is 22.7. The highest BCUT2D eigenvalue weighted by atomic mass is 35.5. The molecule has 3 aromatic carbocycles. The molecule has 0 atom stereocenters. The standard InChI is InChI=1S/C26H20ClNO4S/c1-17(29)18-6-10-20(11-7-18)31-16-21-12-15-24(32-21)26(30)28-23-4-2-3-5-25(23)33-22-13-8-19(27)9-14-22/h2-15H,16H2,1H3,(H,28,30). The average Bonchev–Trinajstić information content (AvgIpc) is 3.30. The van der Waals surface area contributed by atoms with E-state index >= 15 is 0 Å². The number of benzene rings is 3. The summed E-state index contributed by atoms with van der Waals surface area (Å²) in [4.78, 5) is 26.0. The minimum Gasteiger partial charge on any atom is -0.486 e. The van der Waals surface area contributed by atoms with Gasteiger partial charge in [0.1, 0.15) is 18.1 Å². The molecule has 0 saturated carbocycles. The zero-order valence-electron chi connectivity index (χ0n) is 17.7. The van der Waals surface area contributed by atoms with E-state index in [-0.39, 0.29) is 24.1 Å². The van der Waals surface area contributed by atoms with Gasteiger partial charge in [-0.25, -0.2) is 0 Å². The molecular weight excluding hydrogens is 458 g/mol. The molecular formula is C26H20ClNO4S. The Morgan fingerprint density at radius 3 is 2.39 bits per heavy atom. The Morgan fingerprint density at radius 1 is 0.939 bits per heavy atom. The maximum absolute atomic E-state index is 12.7. The minimum atomic E-state index is -0.351. The van der Waals surface area contributed by atoms with Gasteiger partial charge in [0.25, 0.3) is 5.91 Å². The lowest BCUT2D eigenvalue weighted by atomic mass is 10.1. The molecule has 0 aliphatic carbocycles. The SMILES string of the molecule is CC(=O)c1ccc(OCc2ccc(C(=O)Nc3ccccc3Sc3ccc(Cl)cc3)o2)cc1. The molecule has 0 bridgehead atoms. The number of para-hydroxylation sites is 1. The molecule has 33 heavy (non-hydrogen) atoms. The Morgan fingerprint density at radius 2 is 1.67 bits per heavy atom. The number of anilines is 1. The van der Waals surface area contributed by atoms with Gasteiger partial charge in [-0.15, -0.1) is 0 Å². The molecule has 7 heteroatoms. The number of ketones is 1. The van der Waals surface area contributed by atoms with Crippen molar-refractivity contribution in [2.24, 2.45) is 0 Å². The molecule has 0 saturated heterocycles. The van der Waals surface area contributed by atoms with Crippen LogP contribution in [-0.2, 0) is 6.61 Å². The van der Waals surface area contributed by atoms with Crippen LogP contribution < -0.4 is 10.1 Å². The molecule has 1 amide bonds. The molecule has 5 nitrogen and oxygen atoms in total. The van der Waals surface area contributed by atoms with Crippen molar-refractivity contribution in [3.8, 4) is 5.75 Å². The second kappa shape index (κ2) is 10.4. The third kappa shape index (κ3) is 6.06. The summed E-state index contributed by atoms with van der Waals surface area (Å²) in [5.41, 5.74) is 1.30. The Hall–Kier alpha value is -3.48. The van der Waals surface area contributed by atoms with Crippen LogP contribution in [0.2, 0.25) is 5.02 Å². The first-order valence-corrected chi connectivity index (χ1v) is 11.3. The Kier molecular flexibility index (Phi) is 7.17. The van der Waals surface area contributed by atoms with Crippen LogP contribution in [0.25, 0.3) is 0 Å². The van der Waals surface area contributed by atoms with Crippen LogP contribution in [0.5, 0.6) is 5.75 Å². The maximum atomic E-state index is 12.7. The van der Waals surface area contributed by atoms with Gasteiger partial charge in [0.15, 0.2) is 11.5 Å². The van der Waals surface area contributed by atoms with Crippen molar-refractivity contribution >= 4 is 40.7 Å². The first-order valence-electron chi connectivity index (χ1n) is 10.1. The number of amides is 1. The van der Waals surface area contributed by atoms with Crippen molar-refractivity contribution in [2.45, 2.75) is 23.3 Å². The van der Waals surface area contributed by atoms with Crippen molar-refractivity contribution in [1.82, 2.24) is 0 Å². The van der Waals surface area contributed by atoms with Crippen molar-refractivity contribution in [2.75, 3.05) is 5.32 Å². The molecule has 1 N–H and O–H groups in total. The van der Waals surface area contributed by atoms with Crippen molar-refractivity contribution in [3.63, 3.8) is 0 Å². The maximum Gasteiger partial charge on any atom is 0.291 e. The highest BCUT2D eigenvalue weighted by molar-refractivity contribution is 7.99. The lowest BCUT2D eigenvalue weighted by Gasteiger charge is -2.10. The van der Waals surface area contributed by atoms with E-state index in [1.807, 2.05) is 48.5 Å². The average molecular weight is 478 g/mol. The molecule has 0 fully saturated rings. The fourth-order valence-electron chi connectivity index (χ4n) is 2.99. The summed E-state index contributed by atoms with van der Waals surface area (Å²) in [5, 5.41) is 3.58. The summed E-state index contributed by atoms with van der Waals surface area (Å²) in [6.45, 7) is 1.68. The quantitative estimate of drug-likeness (QED) is 0.274. The summed E-state index contributed by atoms with van der Waals surface area (Å²) < 4.78 is 11.3.